The van der Waals surface area contributed by atoms with E-state index in [1.54, 1.807) is 19.9 Å². The number of furan rings is 1. The molecule has 0 saturated carbocycles. The summed E-state index contributed by atoms with van der Waals surface area (Å²) >= 11 is 0. The Balaban J connectivity index is 2.13. The molecule has 1 aromatic rings. The van der Waals surface area contributed by atoms with Gasteiger partial charge in [0.2, 0.25) is 5.78 Å². The first-order valence-corrected chi connectivity index (χ1v) is 5.12. The van der Waals surface area contributed by atoms with Crippen LogP contribution in [0.1, 0.15) is 24.4 Å². The van der Waals surface area contributed by atoms with E-state index >= 15 is 0 Å². The molecule has 2 rings (SSSR count). The molecule has 90 valence electrons. The molecule has 0 unspecified atom stereocenters. The molecule has 1 N–H and O–H groups in total. The number of hydrogen-bond acceptors (Lipinski definition) is 4. The van der Waals surface area contributed by atoms with Gasteiger partial charge in [-0.15, -0.1) is 0 Å². The maximum Gasteiger partial charge on any atom is 0.325 e. The molecule has 6 heteroatoms. The predicted molar refractivity (Wildman–Crippen MR) is 57.4 cm³/mol. The summed E-state index contributed by atoms with van der Waals surface area (Å²) in [4.78, 5) is 35.9. The van der Waals surface area contributed by atoms with E-state index in [4.69, 9.17) is 4.42 Å². The molecule has 0 spiro atoms. The zero-order chi connectivity index (χ0) is 12.6. The van der Waals surface area contributed by atoms with Crippen LogP contribution in [0.3, 0.4) is 0 Å². The molecule has 1 aromatic heterocycles. The molecule has 0 atom stereocenters. The highest BCUT2D eigenvalue weighted by atomic mass is 16.3. The maximum atomic E-state index is 11.8. The van der Waals surface area contributed by atoms with Crippen LogP contribution < -0.4 is 5.32 Å². The maximum absolute atomic E-state index is 11.8. The van der Waals surface area contributed by atoms with Gasteiger partial charge in [-0.25, -0.2) is 4.79 Å². The largest absolute Gasteiger partial charge is 0.461 e. The van der Waals surface area contributed by atoms with Crippen molar-refractivity contribution in [3.63, 3.8) is 0 Å². The van der Waals surface area contributed by atoms with Gasteiger partial charge in [0.15, 0.2) is 5.76 Å². The molecule has 17 heavy (non-hydrogen) atoms. The summed E-state index contributed by atoms with van der Waals surface area (Å²) in [7, 11) is 0. The number of rotatable bonds is 3. The third-order valence-electron chi connectivity index (χ3n) is 2.54. The quantitative estimate of drug-likeness (QED) is 0.621. The Morgan fingerprint density at radius 1 is 1.47 bits per heavy atom. The van der Waals surface area contributed by atoms with Crippen LogP contribution in [0.4, 0.5) is 4.79 Å². The fourth-order valence-electron chi connectivity index (χ4n) is 1.62. The van der Waals surface area contributed by atoms with Crippen molar-refractivity contribution in [3.05, 3.63) is 24.2 Å². The fraction of sp³-hybridized carbons (Fsp3) is 0.364. The van der Waals surface area contributed by atoms with Crippen LogP contribution in [-0.2, 0) is 4.79 Å². The number of carbonyl (C=O) groups is 3. The molecule has 6 nitrogen and oxygen atoms in total. The van der Waals surface area contributed by atoms with Crippen molar-refractivity contribution in [1.82, 2.24) is 10.2 Å². The second kappa shape index (κ2) is 3.73. The second-order valence-electron chi connectivity index (χ2n) is 4.35. The molecule has 0 aliphatic carbocycles. The molecular formula is C11H12N2O4. The standard InChI is InChI=1S/C11H12N2O4/c1-11(2)9(15)13(10(16)12-11)6-7(14)8-4-3-5-17-8/h3-5H,6H2,1-2H3,(H,12,16). The third-order valence-corrected chi connectivity index (χ3v) is 2.54. The predicted octanol–water partition coefficient (Wildman–Crippen LogP) is 0.793. The van der Waals surface area contributed by atoms with Crippen LogP contribution >= 0.6 is 0 Å². The normalized spacial score (nSPS) is 18.4. The molecular weight excluding hydrogens is 224 g/mol. The highest BCUT2D eigenvalue weighted by Crippen LogP contribution is 2.17. The van der Waals surface area contributed by atoms with E-state index in [-0.39, 0.29) is 12.3 Å². The minimum absolute atomic E-state index is 0.135. The van der Waals surface area contributed by atoms with Crippen LogP contribution in [0.5, 0.6) is 0 Å². The van der Waals surface area contributed by atoms with E-state index in [0.29, 0.717) is 0 Å². The topological polar surface area (TPSA) is 79.6 Å². The minimum Gasteiger partial charge on any atom is -0.461 e. The zero-order valence-electron chi connectivity index (χ0n) is 9.52. The molecule has 0 radical (unpaired) electrons. The molecule has 1 fully saturated rings. The molecule has 1 saturated heterocycles. The Bertz CT molecular complexity index is 476. The number of hydrogen-bond donors (Lipinski definition) is 1. The van der Waals surface area contributed by atoms with Crippen LogP contribution in [0, 0.1) is 0 Å². The monoisotopic (exact) mass is 236 g/mol. The first-order chi connectivity index (χ1) is 7.92. The number of ketones is 1. The van der Waals surface area contributed by atoms with Crippen molar-refractivity contribution in [2.45, 2.75) is 19.4 Å². The lowest BCUT2D eigenvalue weighted by atomic mass is 10.1. The van der Waals surface area contributed by atoms with Crippen molar-refractivity contribution in [3.8, 4) is 0 Å². The molecule has 0 bridgehead atoms. The summed E-state index contributed by atoms with van der Waals surface area (Å²) in [6, 6.07) is 2.51. The Hall–Kier alpha value is -2.11. The SMILES string of the molecule is CC1(C)NC(=O)N(CC(=O)c2ccco2)C1=O. The van der Waals surface area contributed by atoms with Crippen molar-refractivity contribution < 1.29 is 18.8 Å². The molecule has 0 aromatic carbocycles. The van der Waals surface area contributed by atoms with Crippen LogP contribution in [0.15, 0.2) is 22.8 Å². The third kappa shape index (κ3) is 1.93. The van der Waals surface area contributed by atoms with Gasteiger partial charge in [0.1, 0.15) is 5.54 Å². The van der Waals surface area contributed by atoms with E-state index in [9.17, 15) is 14.4 Å². The summed E-state index contributed by atoms with van der Waals surface area (Å²) in [6.07, 6.45) is 1.36. The Morgan fingerprint density at radius 3 is 2.65 bits per heavy atom. The highest BCUT2D eigenvalue weighted by Gasteiger charge is 2.45. The molecule has 2 heterocycles. The van der Waals surface area contributed by atoms with E-state index in [0.717, 1.165) is 4.90 Å². The van der Waals surface area contributed by atoms with Gasteiger partial charge < -0.3 is 9.73 Å². The lowest BCUT2D eigenvalue weighted by Crippen LogP contribution is -2.41. The number of urea groups is 1. The van der Waals surface area contributed by atoms with Crippen LogP contribution in [-0.4, -0.2) is 34.7 Å². The minimum atomic E-state index is -0.958. The number of amides is 3. The van der Waals surface area contributed by atoms with E-state index < -0.39 is 23.3 Å². The lowest BCUT2D eigenvalue weighted by molar-refractivity contribution is -0.129. The van der Waals surface area contributed by atoms with E-state index in [2.05, 4.69) is 5.32 Å². The molecule has 1 aliphatic heterocycles. The Kier molecular flexibility index (Phi) is 2.49. The van der Waals surface area contributed by atoms with Gasteiger partial charge in [0.25, 0.3) is 5.91 Å². The lowest BCUT2D eigenvalue weighted by Gasteiger charge is -2.14. The summed E-state index contributed by atoms with van der Waals surface area (Å²) in [5.41, 5.74) is -0.958. The fourth-order valence-corrected chi connectivity index (χ4v) is 1.62. The van der Waals surface area contributed by atoms with Gasteiger partial charge >= 0.3 is 6.03 Å². The Morgan fingerprint density at radius 2 is 2.18 bits per heavy atom. The molecule has 1 aliphatic rings. The average molecular weight is 236 g/mol. The smallest absolute Gasteiger partial charge is 0.325 e. The first-order valence-electron chi connectivity index (χ1n) is 5.12. The Labute approximate surface area is 97.6 Å². The van der Waals surface area contributed by atoms with Crippen molar-refractivity contribution in [2.24, 2.45) is 0 Å². The number of nitrogens with one attached hydrogen (secondary N) is 1. The van der Waals surface area contributed by atoms with Gasteiger partial charge in [-0.3, -0.25) is 14.5 Å². The second-order valence-corrected chi connectivity index (χ2v) is 4.35. The first kappa shape index (κ1) is 11.4. The average Bonchev–Trinajstić information content (AvgIpc) is 2.81. The summed E-state index contributed by atoms with van der Waals surface area (Å²) in [5.74, 6) is -0.686. The van der Waals surface area contributed by atoms with Crippen molar-refractivity contribution in [2.75, 3.05) is 6.54 Å². The van der Waals surface area contributed by atoms with Gasteiger partial charge in [0, 0.05) is 0 Å². The summed E-state index contributed by atoms with van der Waals surface area (Å²) < 4.78 is 4.91. The van der Waals surface area contributed by atoms with Gasteiger partial charge in [-0.2, -0.15) is 0 Å². The van der Waals surface area contributed by atoms with Crippen LogP contribution in [0.25, 0.3) is 0 Å². The van der Waals surface area contributed by atoms with Gasteiger partial charge in [0.05, 0.1) is 12.8 Å². The van der Waals surface area contributed by atoms with E-state index in [1.807, 2.05) is 0 Å². The number of imide groups is 1. The number of carbonyl (C=O) groups excluding carboxylic acids is 3. The number of nitrogens with zero attached hydrogens (tertiary/aromatic N) is 1. The van der Waals surface area contributed by atoms with Gasteiger partial charge in [-0.1, -0.05) is 0 Å². The summed E-state index contributed by atoms with van der Waals surface area (Å²) in [6.45, 7) is 2.87. The zero-order valence-corrected chi connectivity index (χ0v) is 9.52. The number of Topliss-reactive ketones (excluding diaryl/α,β-unsaturated/α-hetero) is 1. The van der Waals surface area contributed by atoms with E-state index in [1.165, 1.54) is 12.3 Å². The highest BCUT2D eigenvalue weighted by molar-refractivity contribution is 6.10. The summed E-state index contributed by atoms with van der Waals surface area (Å²) in [5, 5.41) is 2.50. The van der Waals surface area contributed by atoms with Crippen LogP contribution in [0.2, 0.25) is 0 Å². The van der Waals surface area contributed by atoms with Gasteiger partial charge in [-0.05, 0) is 26.0 Å². The van der Waals surface area contributed by atoms with Crippen molar-refractivity contribution >= 4 is 17.7 Å². The van der Waals surface area contributed by atoms with Crippen molar-refractivity contribution in [1.29, 1.82) is 0 Å². The molecule has 3 amide bonds.